The van der Waals surface area contributed by atoms with Crippen molar-refractivity contribution in [2.24, 2.45) is 11.7 Å². The maximum atomic E-state index is 12.6. The van der Waals surface area contributed by atoms with Crippen LogP contribution < -0.4 is 16.4 Å². The standard InChI is InChI=1S/C19H30N4O2.ClH/c1-3-9-21-19(25)22-16-6-4-15(5-7-16)12-18(24)23-10-8-14(2)11-17(23)13-20;/h4-7,14,17H,3,8-13,20H2,1-2H3,(H2,21,22,25);1H. The third kappa shape index (κ3) is 6.50. The van der Waals surface area contributed by atoms with Gasteiger partial charge in [-0.15, -0.1) is 12.4 Å². The Morgan fingerprint density at radius 1 is 1.27 bits per heavy atom. The van der Waals surface area contributed by atoms with Gasteiger partial charge >= 0.3 is 6.03 Å². The molecule has 26 heavy (non-hydrogen) atoms. The van der Waals surface area contributed by atoms with Crippen LogP contribution in [0.1, 0.15) is 38.7 Å². The number of hydrogen-bond acceptors (Lipinski definition) is 3. The monoisotopic (exact) mass is 382 g/mol. The average Bonchev–Trinajstić information content (AvgIpc) is 2.61. The molecule has 4 N–H and O–H groups in total. The van der Waals surface area contributed by atoms with Crippen molar-refractivity contribution in [3.05, 3.63) is 29.8 Å². The van der Waals surface area contributed by atoms with Gasteiger partial charge in [-0.25, -0.2) is 4.79 Å². The lowest BCUT2D eigenvalue weighted by atomic mass is 9.92. The zero-order valence-electron chi connectivity index (χ0n) is 15.7. The largest absolute Gasteiger partial charge is 0.338 e. The minimum absolute atomic E-state index is 0. The van der Waals surface area contributed by atoms with Crippen molar-refractivity contribution in [3.8, 4) is 0 Å². The number of carbonyl (C=O) groups excluding carboxylic acids is 2. The summed E-state index contributed by atoms with van der Waals surface area (Å²) in [5.41, 5.74) is 7.51. The molecule has 1 saturated heterocycles. The fourth-order valence-corrected chi connectivity index (χ4v) is 3.20. The molecule has 6 nitrogen and oxygen atoms in total. The third-order valence-corrected chi connectivity index (χ3v) is 4.67. The Hall–Kier alpha value is -1.79. The molecule has 146 valence electrons. The quantitative estimate of drug-likeness (QED) is 0.706. The Balaban J connectivity index is 0.00000338. The number of likely N-dealkylation sites (tertiary alicyclic amines) is 1. The van der Waals surface area contributed by atoms with Gasteiger partial charge in [0.15, 0.2) is 0 Å². The van der Waals surface area contributed by atoms with Crippen molar-refractivity contribution in [1.29, 1.82) is 0 Å². The number of anilines is 1. The third-order valence-electron chi connectivity index (χ3n) is 4.67. The minimum atomic E-state index is -0.209. The molecule has 2 unspecified atom stereocenters. The molecule has 0 saturated carbocycles. The van der Waals surface area contributed by atoms with E-state index in [0.717, 1.165) is 37.1 Å². The van der Waals surface area contributed by atoms with Gasteiger partial charge in [-0.3, -0.25) is 4.79 Å². The Bertz CT molecular complexity index is 579. The highest BCUT2D eigenvalue weighted by atomic mass is 35.5. The van der Waals surface area contributed by atoms with Gasteiger partial charge in [0.1, 0.15) is 0 Å². The minimum Gasteiger partial charge on any atom is -0.338 e. The molecule has 3 amide bonds. The number of carbonyl (C=O) groups is 2. The van der Waals surface area contributed by atoms with Crippen LogP contribution in [0.2, 0.25) is 0 Å². The van der Waals surface area contributed by atoms with Crippen LogP contribution >= 0.6 is 12.4 Å². The predicted molar refractivity (Wildman–Crippen MR) is 108 cm³/mol. The van der Waals surface area contributed by atoms with Crippen LogP contribution in [-0.2, 0) is 11.2 Å². The van der Waals surface area contributed by atoms with Crippen molar-refractivity contribution in [2.45, 2.75) is 45.6 Å². The molecule has 0 spiro atoms. The number of halogens is 1. The van der Waals surface area contributed by atoms with E-state index in [2.05, 4.69) is 17.6 Å². The highest BCUT2D eigenvalue weighted by Gasteiger charge is 2.28. The number of urea groups is 1. The predicted octanol–water partition coefficient (Wildman–Crippen LogP) is 2.77. The first-order valence-electron chi connectivity index (χ1n) is 9.16. The molecule has 2 rings (SSSR count). The van der Waals surface area contributed by atoms with E-state index in [4.69, 9.17) is 5.73 Å². The first-order valence-corrected chi connectivity index (χ1v) is 9.16. The number of piperidine rings is 1. The zero-order chi connectivity index (χ0) is 18.2. The topological polar surface area (TPSA) is 87.5 Å². The highest BCUT2D eigenvalue weighted by Crippen LogP contribution is 2.23. The Morgan fingerprint density at radius 2 is 1.96 bits per heavy atom. The smallest absolute Gasteiger partial charge is 0.319 e. The molecule has 1 heterocycles. The molecule has 7 heteroatoms. The second kappa shape index (κ2) is 11.0. The van der Waals surface area contributed by atoms with Gasteiger partial charge in [0.2, 0.25) is 5.91 Å². The van der Waals surface area contributed by atoms with Crippen LogP contribution in [0.3, 0.4) is 0 Å². The molecule has 2 atom stereocenters. The summed E-state index contributed by atoms with van der Waals surface area (Å²) < 4.78 is 0. The molecule has 1 aromatic carbocycles. The highest BCUT2D eigenvalue weighted by molar-refractivity contribution is 5.89. The number of nitrogens with one attached hydrogen (secondary N) is 2. The van der Waals surface area contributed by atoms with Gasteiger partial charge in [0.05, 0.1) is 6.42 Å². The molecule has 0 radical (unpaired) electrons. The van der Waals surface area contributed by atoms with Gasteiger partial charge in [-0.05, 0) is 42.9 Å². The first kappa shape index (κ1) is 22.3. The van der Waals surface area contributed by atoms with Gasteiger partial charge < -0.3 is 21.3 Å². The SMILES string of the molecule is CCCNC(=O)Nc1ccc(CC(=O)N2CCC(C)CC2CN)cc1.Cl. The van der Waals surface area contributed by atoms with Gasteiger partial charge in [-0.2, -0.15) is 0 Å². The van der Waals surface area contributed by atoms with Crippen LogP contribution in [0.5, 0.6) is 0 Å². The second-order valence-corrected chi connectivity index (χ2v) is 6.86. The van der Waals surface area contributed by atoms with Gasteiger partial charge in [-0.1, -0.05) is 26.0 Å². The molecule has 0 bridgehead atoms. The molecule has 0 aromatic heterocycles. The fourth-order valence-electron chi connectivity index (χ4n) is 3.20. The lowest BCUT2D eigenvalue weighted by molar-refractivity contribution is -0.134. The molecule has 1 aromatic rings. The Labute approximate surface area is 162 Å². The summed E-state index contributed by atoms with van der Waals surface area (Å²) in [5.74, 6) is 0.755. The summed E-state index contributed by atoms with van der Waals surface area (Å²) in [5, 5.41) is 5.54. The van der Waals surface area contributed by atoms with Crippen molar-refractivity contribution >= 4 is 30.0 Å². The summed E-state index contributed by atoms with van der Waals surface area (Å²) >= 11 is 0. The number of benzene rings is 1. The van der Waals surface area contributed by atoms with E-state index in [-0.39, 0.29) is 30.4 Å². The lowest BCUT2D eigenvalue weighted by Crippen LogP contribution is -2.49. The molecular weight excluding hydrogens is 352 g/mol. The Kier molecular flexibility index (Phi) is 9.44. The van der Waals surface area contributed by atoms with Crippen LogP contribution in [0.15, 0.2) is 24.3 Å². The summed E-state index contributed by atoms with van der Waals surface area (Å²) in [6.45, 7) is 6.18. The lowest BCUT2D eigenvalue weighted by Gasteiger charge is -2.38. The van der Waals surface area contributed by atoms with Crippen molar-refractivity contribution < 1.29 is 9.59 Å². The number of nitrogens with zero attached hydrogens (tertiary/aromatic N) is 1. The van der Waals surface area contributed by atoms with E-state index in [1.807, 2.05) is 36.1 Å². The van der Waals surface area contributed by atoms with E-state index in [1.54, 1.807) is 0 Å². The second-order valence-electron chi connectivity index (χ2n) is 6.86. The number of rotatable bonds is 6. The van der Waals surface area contributed by atoms with E-state index < -0.39 is 0 Å². The van der Waals surface area contributed by atoms with Crippen LogP contribution in [-0.4, -0.2) is 42.5 Å². The van der Waals surface area contributed by atoms with E-state index in [0.29, 0.717) is 25.4 Å². The maximum Gasteiger partial charge on any atom is 0.319 e. The average molecular weight is 383 g/mol. The molecule has 1 aliphatic rings. The van der Waals surface area contributed by atoms with Gasteiger partial charge in [0.25, 0.3) is 0 Å². The molecule has 1 fully saturated rings. The zero-order valence-corrected chi connectivity index (χ0v) is 16.5. The molecule has 1 aliphatic heterocycles. The van der Waals surface area contributed by atoms with Gasteiger partial charge in [0, 0.05) is 31.4 Å². The maximum absolute atomic E-state index is 12.6. The van der Waals surface area contributed by atoms with E-state index >= 15 is 0 Å². The summed E-state index contributed by atoms with van der Waals surface area (Å²) in [7, 11) is 0. The van der Waals surface area contributed by atoms with Crippen LogP contribution in [0, 0.1) is 5.92 Å². The molecule has 0 aliphatic carbocycles. The van der Waals surface area contributed by atoms with E-state index in [9.17, 15) is 9.59 Å². The van der Waals surface area contributed by atoms with Crippen LogP contribution in [0.4, 0.5) is 10.5 Å². The number of nitrogens with two attached hydrogens (primary N) is 1. The Morgan fingerprint density at radius 3 is 2.58 bits per heavy atom. The van der Waals surface area contributed by atoms with Crippen molar-refractivity contribution in [2.75, 3.05) is 25.0 Å². The fraction of sp³-hybridized carbons (Fsp3) is 0.579. The number of hydrogen-bond donors (Lipinski definition) is 3. The number of amides is 3. The normalized spacial score (nSPS) is 19.4. The van der Waals surface area contributed by atoms with Crippen LogP contribution in [0.25, 0.3) is 0 Å². The van der Waals surface area contributed by atoms with Crippen molar-refractivity contribution in [3.63, 3.8) is 0 Å². The van der Waals surface area contributed by atoms with Crippen molar-refractivity contribution in [1.82, 2.24) is 10.2 Å². The summed E-state index contributed by atoms with van der Waals surface area (Å²) in [6, 6.07) is 7.37. The summed E-state index contributed by atoms with van der Waals surface area (Å²) in [4.78, 5) is 26.2. The summed E-state index contributed by atoms with van der Waals surface area (Å²) in [6.07, 6.45) is 3.29. The van der Waals surface area contributed by atoms with E-state index in [1.165, 1.54) is 0 Å². The molecular formula is C19H31ClN4O2. The first-order chi connectivity index (χ1) is 12.0.